The first-order valence-electron chi connectivity index (χ1n) is 27.0. The van der Waals surface area contributed by atoms with Crippen LogP contribution in [0.3, 0.4) is 0 Å². The number of aliphatic hydroxyl groups is 2. The number of allylic oxidation sites excluding steroid dienone is 15. The summed E-state index contributed by atoms with van der Waals surface area (Å²) in [5, 5.41) is 23.1. The van der Waals surface area contributed by atoms with Crippen LogP contribution in [0.5, 0.6) is 0 Å². The van der Waals surface area contributed by atoms with Crippen molar-refractivity contribution in [1.82, 2.24) is 5.32 Å². The zero-order chi connectivity index (χ0) is 45.6. The van der Waals surface area contributed by atoms with Crippen LogP contribution < -0.4 is 5.32 Å². The van der Waals surface area contributed by atoms with Gasteiger partial charge >= 0.3 is 0 Å². The number of aliphatic hydroxyl groups excluding tert-OH is 2. The highest BCUT2D eigenvalue weighted by Crippen LogP contribution is 2.15. The van der Waals surface area contributed by atoms with Crippen molar-refractivity contribution in [2.24, 2.45) is 0 Å². The van der Waals surface area contributed by atoms with Gasteiger partial charge in [-0.1, -0.05) is 252 Å². The van der Waals surface area contributed by atoms with Gasteiger partial charge in [-0.2, -0.15) is 0 Å². The molecular formula is C59H103NO3. The summed E-state index contributed by atoms with van der Waals surface area (Å²) in [7, 11) is 0. The quantitative estimate of drug-likeness (QED) is 0.0421. The molecule has 1 amide bonds. The van der Waals surface area contributed by atoms with Gasteiger partial charge in [0.15, 0.2) is 0 Å². The maximum absolute atomic E-state index is 12.5. The summed E-state index contributed by atoms with van der Waals surface area (Å²) in [6, 6.07) is -0.654. The lowest BCUT2D eigenvalue weighted by atomic mass is 10.0. The van der Waals surface area contributed by atoms with Gasteiger partial charge in [0.2, 0.25) is 5.91 Å². The van der Waals surface area contributed by atoms with E-state index in [0.717, 1.165) is 70.6 Å². The van der Waals surface area contributed by atoms with Gasteiger partial charge in [0.05, 0.1) is 18.8 Å². The second-order valence-electron chi connectivity index (χ2n) is 17.9. The fourth-order valence-corrected chi connectivity index (χ4v) is 7.71. The van der Waals surface area contributed by atoms with Gasteiger partial charge in [0, 0.05) is 6.42 Å². The molecule has 0 spiro atoms. The number of nitrogens with one attached hydrogen (secondary N) is 1. The molecule has 2 unspecified atom stereocenters. The Kier molecular flexibility index (Phi) is 51.4. The fourth-order valence-electron chi connectivity index (χ4n) is 7.71. The van der Waals surface area contributed by atoms with Crippen LogP contribution in [0.15, 0.2) is 97.2 Å². The molecule has 2 atom stereocenters. The second kappa shape index (κ2) is 53.6. The van der Waals surface area contributed by atoms with Gasteiger partial charge in [0.25, 0.3) is 0 Å². The van der Waals surface area contributed by atoms with E-state index in [0.29, 0.717) is 6.42 Å². The van der Waals surface area contributed by atoms with Gasteiger partial charge in [-0.05, 0) is 89.9 Å². The predicted molar refractivity (Wildman–Crippen MR) is 280 cm³/mol. The zero-order valence-electron chi connectivity index (χ0n) is 41.6. The van der Waals surface area contributed by atoms with E-state index in [4.69, 9.17) is 0 Å². The lowest BCUT2D eigenvalue weighted by molar-refractivity contribution is -0.123. The van der Waals surface area contributed by atoms with Crippen LogP contribution in [0.4, 0.5) is 0 Å². The van der Waals surface area contributed by atoms with Gasteiger partial charge in [-0.25, -0.2) is 0 Å². The van der Waals surface area contributed by atoms with Crippen LogP contribution >= 0.6 is 0 Å². The lowest BCUT2D eigenvalue weighted by Gasteiger charge is -2.19. The summed E-state index contributed by atoms with van der Waals surface area (Å²) in [6.07, 6.45) is 79.8. The molecule has 0 saturated heterocycles. The molecule has 0 saturated carbocycles. The molecule has 0 aromatic rings. The summed E-state index contributed by atoms with van der Waals surface area (Å²) < 4.78 is 0. The van der Waals surface area contributed by atoms with E-state index < -0.39 is 12.1 Å². The van der Waals surface area contributed by atoms with Crippen LogP contribution in [0.25, 0.3) is 0 Å². The maximum Gasteiger partial charge on any atom is 0.220 e. The Hall–Kier alpha value is -2.69. The number of rotatable bonds is 48. The molecule has 0 aliphatic heterocycles. The van der Waals surface area contributed by atoms with Crippen molar-refractivity contribution in [3.63, 3.8) is 0 Å². The summed E-state index contributed by atoms with van der Waals surface area (Å²) in [4.78, 5) is 12.5. The number of carbonyl (C=O) groups is 1. The molecule has 4 heteroatoms. The molecule has 3 N–H and O–H groups in total. The van der Waals surface area contributed by atoms with Crippen LogP contribution in [0, 0.1) is 0 Å². The van der Waals surface area contributed by atoms with E-state index in [-0.39, 0.29) is 12.5 Å². The SMILES string of the molecule is CC/C=C\C/C=C\C/C=C\C/C=C\C/C=C\CCCCCCCCCCCCCC(=O)NC(CO)C(O)/C=C/CC/C=C/CC/C=C/CCCCCCCCCCCCCCCC. The van der Waals surface area contributed by atoms with Crippen molar-refractivity contribution in [3.8, 4) is 0 Å². The van der Waals surface area contributed by atoms with E-state index in [2.05, 4.69) is 104 Å². The van der Waals surface area contributed by atoms with Crippen LogP contribution in [0.1, 0.15) is 251 Å². The number of carbonyl (C=O) groups excluding carboxylic acids is 1. The molecule has 0 heterocycles. The highest BCUT2D eigenvalue weighted by atomic mass is 16.3. The molecule has 4 nitrogen and oxygen atoms in total. The number of hydrogen-bond acceptors (Lipinski definition) is 3. The Morgan fingerprint density at radius 3 is 1.11 bits per heavy atom. The van der Waals surface area contributed by atoms with E-state index in [9.17, 15) is 15.0 Å². The standard InChI is InChI=1S/C59H103NO3/c1-3-5-7-9-11-13-15-17-19-21-23-25-27-29-30-31-33-35-37-39-41-43-45-47-49-51-53-55-59(63)60-57(56-61)58(62)54-52-50-48-46-44-42-40-38-36-34-32-28-26-24-22-20-18-16-14-12-10-8-6-4-2/h5,7,11,13,17,19,23,25,29-30,36,38,44,46,52,54,57-58,61-62H,3-4,6,8-10,12,14-16,18,20-22,24,26-28,31-35,37,39-43,45,47-51,53,55-56H2,1-2H3,(H,60,63)/b7-5-,13-11-,19-17-,25-23-,30-29-,38-36+,46-44+,54-52+. The van der Waals surface area contributed by atoms with Gasteiger partial charge in [-0.15, -0.1) is 0 Å². The molecular weight excluding hydrogens is 771 g/mol. The molecule has 63 heavy (non-hydrogen) atoms. The molecule has 0 radical (unpaired) electrons. The van der Waals surface area contributed by atoms with E-state index >= 15 is 0 Å². The molecule has 362 valence electrons. The minimum absolute atomic E-state index is 0.0839. The topological polar surface area (TPSA) is 69.6 Å². The third kappa shape index (κ3) is 50.2. The van der Waals surface area contributed by atoms with Gasteiger partial charge in [-0.3, -0.25) is 4.79 Å². The summed E-state index contributed by atoms with van der Waals surface area (Å²) in [5.74, 6) is -0.0839. The van der Waals surface area contributed by atoms with Crippen molar-refractivity contribution in [2.45, 2.75) is 264 Å². The molecule has 0 aromatic heterocycles. The lowest BCUT2D eigenvalue weighted by Crippen LogP contribution is -2.45. The third-order valence-electron chi connectivity index (χ3n) is 11.8. The fraction of sp³-hybridized carbons (Fsp3) is 0.712. The van der Waals surface area contributed by atoms with E-state index in [1.807, 2.05) is 6.08 Å². The Bertz CT molecular complexity index is 1170. The molecule has 0 fully saturated rings. The van der Waals surface area contributed by atoms with Gasteiger partial charge in [0.1, 0.15) is 0 Å². The first-order chi connectivity index (χ1) is 31.2. The third-order valence-corrected chi connectivity index (χ3v) is 11.8. The Labute approximate surface area is 392 Å². The van der Waals surface area contributed by atoms with Crippen LogP contribution in [-0.4, -0.2) is 34.9 Å². The van der Waals surface area contributed by atoms with E-state index in [1.54, 1.807) is 6.08 Å². The predicted octanol–water partition coefficient (Wildman–Crippen LogP) is 17.7. The summed E-state index contributed by atoms with van der Waals surface area (Å²) in [5.41, 5.74) is 0. The first kappa shape index (κ1) is 60.3. The highest BCUT2D eigenvalue weighted by Gasteiger charge is 2.17. The average molecular weight is 874 g/mol. The number of amides is 1. The van der Waals surface area contributed by atoms with Crippen molar-refractivity contribution in [3.05, 3.63) is 97.2 Å². The van der Waals surface area contributed by atoms with Crippen molar-refractivity contribution < 1.29 is 15.0 Å². The Balaban J connectivity index is 3.62. The number of hydrogen-bond donors (Lipinski definition) is 3. The van der Waals surface area contributed by atoms with Crippen LogP contribution in [0.2, 0.25) is 0 Å². The maximum atomic E-state index is 12.5. The van der Waals surface area contributed by atoms with Crippen molar-refractivity contribution in [2.75, 3.05) is 6.61 Å². The van der Waals surface area contributed by atoms with Crippen molar-refractivity contribution >= 4 is 5.91 Å². The Morgan fingerprint density at radius 1 is 0.397 bits per heavy atom. The normalized spacial score (nSPS) is 13.7. The monoisotopic (exact) mass is 874 g/mol. The largest absolute Gasteiger partial charge is 0.394 e. The molecule has 0 aromatic carbocycles. The zero-order valence-corrected chi connectivity index (χ0v) is 41.6. The minimum Gasteiger partial charge on any atom is -0.394 e. The van der Waals surface area contributed by atoms with Gasteiger partial charge < -0.3 is 15.5 Å². The van der Waals surface area contributed by atoms with E-state index in [1.165, 1.54) is 161 Å². The van der Waals surface area contributed by atoms with Crippen molar-refractivity contribution in [1.29, 1.82) is 0 Å². The summed E-state index contributed by atoms with van der Waals surface area (Å²) >= 11 is 0. The van der Waals surface area contributed by atoms with Crippen LogP contribution in [-0.2, 0) is 4.79 Å². The minimum atomic E-state index is -0.878. The smallest absolute Gasteiger partial charge is 0.220 e. The molecule has 0 aliphatic rings. The number of unbranched alkanes of at least 4 members (excludes halogenated alkanes) is 27. The second-order valence-corrected chi connectivity index (χ2v) is 17.9. The molecule has 0 rings (SSSR count). The molecule has 0 aliphatic carbocycles. The Morgan fingerprint density at radius 2 is 0.714 bits per heavy atom. The summed E-state index contributed by atoms with van der Waals surface area (Å²) in [6.45, 7) is 4.19. The first-order valence-corrected chi connectivity index (χ1v) is 27.0. The molecule has 0 bridgehead atoms. The highest BCUT2D eigenvalue weighted by molar-refractivity contribution is 5.76. The average Bonchev–Trinajstić information content (AvgIpc) is 3.29.